The molecule has 5 heteroatoms. The summed E-state index contributed by atoms with van der Waals surface area (Å²) >= 11 is 0. The molecule has 0 bridgehead atoms. The number of para-hydroxylation sites is 2. The monoisotopic (exact) mass is 694 g/mol. The number of nitrogens with zero attached hydrogens (tertiary/aromatic N) is 3. The molecule has 0 aromatic heterocycles. The van der Waals surface area contributed by atoms with E-state index in [-0.39, 0.29) is 6.17 Å². The van der Waals surface area contributed by atoms with Gasteiger partial charge in [0.2, 0.25) is 0 Å². The summed E-state index contributed by atoms with van der Waals surface area (Å²) in [5.41, 5.74) is 10.8. The Morgan fingerprint density at radius 3 is 1.78 bits per heavy atom. The molecule has 0 fully saturated rings. The minimum atomic E-state index is -0.271. The van der Waals surface area contributed by atoms with E-state index in [1.54, 1.807) is 0 Å². The number of hydrogen-bond acceptors (Lipinski definition) is 5. The van der Waals surface area contributed by atoms with Gasteiger partial charge < -0.3 is 15.0 Å². The number of aliphatic imine (C=N–C) groups is 2. The Balaban J connectivity index is 1.00. The molecular weight excluding hydrogens is 661 g/mol. The van der Waals surface area contributed by atoms with Gasteiger partial charge in [0, 0.05) is 39.1 Å². The van der Waals surface area contributed by atoms with Crippen molar-refractivity contribution in [2.75, 3.05) is 4.90 Å². The second kappa shape index (κ2) is 13.4. The molecule has 0 saturated carbocycles. The van der Waals surface area contributed by atoms with Crippen LogP contribution in [0.2, 0.25) is 0 Å². The van der Waals surface area contributed by atoms with Crippen molar-refractivity contribution in [3.05, 3.63) is 211 Å². The van der Waals surface area contributed by atoms with E-state index in [9.17, 15) is 0 Å². The topological polar surface area (TPSA) is 49.2 Å². The number of ether oxygens (including phenoxy) is 1. The maximum atomic E-state index is 6.72. The Kier molecular flexibility index (Phi) is 7.81. The molecule has 2 heterocycles. The van der Waals surface area contributed by atoms with Crippen molar-refractivity contribution in [2.45, 2.75) is 6.17 Å². The number of fused-ring (bicyclic) bond motifs is 2. The van der Waals surface area contributed by atoms with Gasteiger partial charge in [-0.25, -0.2) is 9.98 Å². The third-order valence-corrected chi connectivity index (χ3v) is 10.1. The normalized spacial score (nSPS) is 14.3. The van der Waals surface area contributed by atoms with Crippen molar-refractivity contribution >= 4 is 39.5 Å². The predicted molar refractivity (Wildman–Crippen MR) is 221 cm³/mol. The lowest BCUT2D eigenvalue weighted by Gasteiger charge is -2.26. The van der Waals surface area contributed by atoms with E-state index in [0.29, 0.717) is 5.84 Å². The fourth-order valence-electron chi connectivity index (χ4n) is 7.54. The smallest absolute Gasteiger partial charge is 0.159 e. The van der Waals surface area contributed by atoms with Gasteiger partial charge >= 0.3 is 0 Å². The van der Waals surface area contributed by atoms with Gasteiger partial charge in [-0.2, -0.15) is 0 Å². The highest BCUT2D eigenvalue weighted by Crippen LogP contribution is 2.49. The lowest BCUT2D eigenvalue weighted by atomic mass is 9.90. The number of rotatable bonds is 7. The van der Waals surface area contributed by atoms with Crippen LogP contribution in [0.5, 0.6) is 11.5 Å². The zero-order chi connectivity index (χ0) is 35.8. The molecule has 1 atom stereocenters. The Labute approximate surface area is 314 Å². The molecule has 1 N–H and O–H groups in total. The summed E-state index contributed by atoms with van der Waals surface area (Å²) in [5, 5.41) is 5.86. The number of nitrogens with one attached hydrogen (secondary N) is 1. The third-order valence-electron chi connectivity index (χ3n) is 10.1. The van der Waals surface area contributed by atoms with Crippen molar-refractivity contribution < 1.29 is 4.74 Å². The summed E-state index contributed by atoms with van der Waals surface area (Å²) in [6.07, 6.45) is -0.271. The maximum absolute atomic E-state index is 6.72. The second-order valence-corrected chi connectivity index (χ2v) is 13.4. The zero-order valence-electron chi connectivity index (χ0n) is 29.3. The first-order valence-corrected chi connectivity index (χ1v) is 18.2. The number of amidine groups is 2. The standard InChI is InChI=1S/C49H34N4O/c1-5-14-34(15-6-1)47-50-48(35-16-7-2-8-17-35)52-49(51-47)36-26-29-41-43-23-13-22-42-40(30-31-44(46(42)43)54-45(41)32-36)33-24-27-39(28-25-33)53(37-18-9-3-10-19-37)38-20-11-4-12-21-38/h1-32,47H,(H,50,51,52). The fourth-order valence-corrected chi connectivity index (χ4v) is 7.54. The molecule has 256 valence electrons. The predicted octanol–water partition coefficient (Wildman–Crippen LogP) is 12.2. The quantitative estimate of drug-likeness (QED) is 0.181. The van der Waals surface area contributed by atoms with Crippen molar-refractivity contribution in [3.8, 4) is 33.8 Å². The lowest BCUT2D eigenvalue weighted by molar-refractivity contribution is 0.487. The van der Waals surface area contributed by atoms with Gasteiger partial charge in [0.1, 0.15) is 23.5 Å². The fraction of sp³-hybridized carbons (Fsp3) is 0.0204. The number of benzene rings is 8. The molecule has 2 aliphatic heterocycles. The van der Waals surface area contributed by atoms with Gasteiger partial charge in [-0.05, 0) is 82.2 Å². The highest BCUT2D eigenvalue weighted by atomic mass is 16.5. The van der Waals surface area contributed by atoms with Crippen molar-refractivity contribution in [3.63, 3.8) is 0 Å². The first kappa shape index (κ1) is 31.5. The summed E-state index contributed by atoms with van der Waals surface area (Å²) in [5.74, 6) is 3.10. The van der Waals surface area contributed by atoms with Crippen LogP contribution in [0.3, 0.4) is 0 Å². The van der Waals surface area contributed by atoms with Crippen LogP contribution in [0.4, 0.5) is 17.1 Å². The van der Waals surface area contributed by atoms with Crippen LogP contribution >= 0.6 is 0 Å². The van der Waals surface area contributed by atoms with E-state index in [1.807, 2.05) is 48.5 Å². The average molecular weight is 695 g/mol. The summed E-state index contributed by atoms with van der Waals surface area (Å²) in [6, 6.07) is 67.5. The zero-order valence-corrected chi connectivity index (χ0v) is 29.3. The van der Waals surface area contributed by atoms with E-state index < -0.39 is 0 Å². The first-order valence-electron chi connectivity index (χ1n) is 18.2. The van der Waals surface area contributed by atoms with Gasteiger partial charge in [-0.15, -0.1) is 0 Å². The summed E-state index contributed by atoms with van der Waals surface area (Å²) < 4.78 is 6.72. The molecule has 0 amide bonds. The van der Waals surface area contributed by atoms with Gasteiger partial charge in [0.05, 0.1) is 0 Å². The molecule has 0 radical (unpaired) electrons. The Bertz CT molecular complexity index is 2650. The van der Waals surface area contributed by atoms with Gasteiger partial charge in [-0.3, -0.25) is 0 Å². The average Bonchev–Trinajstić information content (AvgIpc) is 3.25. The summed E-state index contributed by atoms with van der Waals surface area (Å²) in [7, 11) is 0. The first-order chi connectivity index (χ1) is 26.8. The lowest BCUT2D eigenvalue weighted by Crippen LogP contribution is -2.33. The highest BCUT2D eigenvalue weighted by molar-refractivity contribution is 6.14. The Morgan fingerprint density at radius 2 is 1.07 bits per heavy atom. The van der Waals surface area contributed by atoms with Crippen molar-refractivity contribution in [2.24, 2.45) is 9.98 Å². The molecule has 2 aliphatic rings. The molecule has 0 aliphatic carbocycles. The highest BCUT2D eigenvalue weighted by Gasteiger charge is 2.25. The van der Waals surface area contributed by atoms with Crippen LogP contribution in [0.15, 0.2) is 204 Å². The van der Waals surface area contributed by atoms with E-state index in [0.717, 1.165) is 84.1 Å². The van der Waals surface area contributed by atoms with Gasteiger partial charge in [0.25, 0.3) is 0 Å². The van der Waals surface area contributed by atoms with Gasteiger partial charge in [-0.1, -0.05) is 140 Å². The molecule has 0 spiro atoms. The number of hydrogen-bond donors (Lipinski definition) is 1. The molecule has 0 saturated heterocycles. The van der Waals surface area contributed by atoms with E-state index in [1.165, 1.54) is 0 Å². The van der Waals surface area contributed by atoms with Gasteiger partial charge in [0.15, 0.2) is 5.84 Å². The SMILES string of the molecule is c1ccc(C2=NC(c3ccccc3)NC(c3ccc4c(c3)Oc3ccc(-c5ccc(N(c6ccccc6)c6ccccc6)cc5)c5cccc-4c35)=N2)cc1. The minimum absolute atomic E-state index is 0.271. The molecule has 54 heavy (non-hydrogen) atoms. The second-order valence-electron chi connectivity index (χ2n) is 13.4. The van der Waals surface area contributed by atoms with Crippen LogP contribution in [0.25, 0.3) is 33.0 Å². The Morgan fingerprint density at radius 1 is 0.463 bits per heavy atom. The summed E-state index contributed by atoms with van der Waals surface area (Å²) in [6.45, 7) is 0. The largest absolute Gasteiger partial charge is 0.456 e. The number of anilines is 3. The van der Waals surface area contributed by atoms with E-state index in [4.69, 9.17) is 14.7 Å². The Hall–Kier alpha value is -7.24. The molecule has 1 unspecified atom stereocenters. The maximum Gasteiger partial charge on any atom is 0.159 e. The van der Waals surface area contributed by atoms with E-state index in [2.05, 4.69) is 156 Å². The van der Waals surface area contributed by atoms with Crippen LogP contribution < -0.4 is 15.0 Å². The minimum Gasteiger partial charge on any atom is -0.456 e. The van der Waals surface area contributed by atoms with Crippen molar-refractivity contribution in [1.82, 2.24) is 5.32 Å². The van der Waals surface area contributed by atoms with Crippen LogP contribution in [-0.2, 0) is 0 Å². The van der Waals surface area contributed by atoms with Crippen LogP contribution in [0, 0.1) is 0 Å². The van der Waals surface area contributed by atoms with E-state index >= 15 is 0 Å². The molecule has 8 aromatic rings. The van der Waals surface area contributed by atoms with Crippen LogP contribution in [-0.4, -0.2) is 11.7 Å². The third kappa shape index (κ3) is 5.69. The molecule has 5 nitrogen and oxygen atoms in total. The summed E-state index contributed by atoms with van der Waals surface area (Å²) in [4.78, 5) is 12.3. The van der Waals surface area contributed by atoms with Crippen molar-refractivity contribution in [1.29, 1.82) is 0 Å². The molecule has 10 rings (SSSR count). The molecule has 8 aromatic carbocycles. The van der Waals surface area contributed by atoms with Crippen LogP contribution in [0.1, 0.15) is 22.9 Å². The molecular formula is C49H34N4O.